The standard InChI is InChI=1S/C42H72O13/c1-20(2)11-10-14-42(9,51)22-12-16-40(7)28(22)23(44)17-26-39(6)15-13-27(45)38(4,5)35(39)24(18-41(26,40)8)53-37-34(32(49)30(47)25(19-43)54-37)55-36-33(50)31(48)29(46)21(3)52-36/h11,21-37,43-51H,10,12-19H2,1-9H3/t21-,22+,23+,24-,25+,26+,27-,28-,29-,30+,31+,32-,33+,34+,35-,36-,37+,39+,40+,41+,42+/m0/s1. The summed E-state index contributed by atoms with van der Waals surface area (Å²) in [5, 5.41) is 100. The van der Waals surface area contributed by atoms with E-state index in [9.17, 15) is 46.0 Å². The van der Waals surface area contributed by atoms with E-state index in [0.717, 1.165) is 19.3 Å². The van der Waals surface area contributed by atoms with Crippen LogP contribution in [0.5, 0.6) is 0 Å². The van der Waals surface area contributed by atoms with Crippen LogP contribution in [0.3, 0.4) is 0 Å². The summed E-state index contributed by atoms with van der Waals surface area (Å²) in [6.07, 6.45) is -8.99. The molecule has 2 aliphatic heterocycles. The van der Waals surface area contributed by atoms with Crippen molar-refractivity contribution >= 4 is 0 Å². The third-order valence-corrected chi connectivity index (χ3v) is 16.5. The minimum absolute atomic E-state index is 0.0411. The van der Waals surface area contributed by atoms with Gasteiger partial charge in [-0.2, -0.15) is 0 Å². The molecular formula is C42H72O13. The van der Waals surface area contributed by atoms with Crippen molar-refractivity contribution in [1.29, 1.82) is 0 Å². The van der Waals surface area contributed by atoms with Crippen LogP contribution in [0.15, 0.2) is 11.6 Å². The molecule has 2 heterocycles. The van der Waals surface area contributed by atoms with Crippen molar-refractivity contribution in [2.45, 2.75) is 199 Å². The fourth-order valence-corrected chi connectivity index (χ4v) is 13.3. The van der Waals surface area contributed by atoms with E-state index >= 15 is 0 Å². The van der Waals surface area contributed by atoms with Gasteiger partial charge in [-0.3, -0.25) is 0 Å². The highest BCUT2D eigenvalue weighted by atomic mass is 16.8. The molecule has 6 aliphatic rings. The molecule has 0 bridgehead atoms. The van der Waals surface area contributed by atoms with E-state index in [0.29, 0.717) is 32.1 Å². The van der Waals surface area contributed by atoms with E-state index in [1.807, 2.05) is 20.8 Å². The lowest BCUT2D eigenvalue weighted by atomic mass is 9.34. The number of aliphatic hydroxyl groups excluding tert-OH is 8. The summed E-state index contributed by atoms with van der Waals surface area (Å²) in [4.78, 5) is 0. The predicted molar refractivity (Wildman–Crippen MR) is 201 cm³/mol. The molecule has 0 aromatic rings. The Morgan fingerprint density at radius 3 is 2.13 bits per heavy atom. The molecule has 6 fully saturated rings. The zero-order chi connectivity index (χ0) is 40.8. The van der Waals surface area contributed by atoms with Crippen LogP contribution in [-0.2, 0) is 18.9 Å². The summed E-state index contributed by atoms with van der Waals surface area (Å²) in [6, 6.07) is 0. The van der Waals surface area contributed by atoms with Gasteiger partial charge in [0, 0.05) is 0 Å². The van der Waals surface area contributed by atoms with Crippen LogP contribution < -0.4 is 0 Å². The summed E-state index contributed by atoms with van der Waals surface area (Å²) in [7, 11) is 0. The van der Waals surface area contributed by atoms with E-state index in [1.165, 1.54) is 12.5 Å². The first-order valence-corrected chi connectivity index (χ1v) is 20.8. The van der Waals surface area contributed by atoms with Crippen LogP contribution in [0.2, 0.25) is 0 Å². The van der Waals surface area contributed by atoms with Crippen molar-refractivity contribution in [3.05, 3.63) is 11.6 Å². The van der Waals surface area contributed by atoms with Crippen molar-refractivity contribution < 1.29 is 64.9 Å². The molecule has 13 nitrogen and oxygen atoms in total. The second-order valence-corrected chi connectivity index (χ2v) is 20.3. The van der Waals surface area contributed by atoms with E-state index in [2.05, 4.69) is 40.7 Å². The summed E-state index contributed by atoms with van der Waals surface area (Å²) < 4.78 is 25.1. The largest absolute Gasteiger partial charge is 0.394 e. The predicted octanol–water partition coefficient (Wildman–Crippen LogP) is 2.15. The molecule has 0 aromatic heterocycles. The van der Waals surface area contributed by atoms with Crippen LogP contribution in [0.1, 0.15) is 114 Å². The summed E-state index contributed by atoms with van der Waals surface area (Å²) >= 11 is 0. The lowest BCUT2D eigenvalue weighted by Gasteiger charge is -2.72. The number of hydrogen-bond donors (Lipinski definition) is 9. The van der Waals surface area contributed by atoms with Crippen molar-refractivity contribution in [2.75, 3.05) is 6.61 Å². The molecule has 13 heteroatoms. The Labute approximate surface area is 327 Å². The van der Waals surface area contributed by atoms with Gasteiger partial charge in [-0.25, -0.2) is 0 Å². The number of aliphatic hydroxyl groups is 9. The van der Waals surface area contributed by atoms with E-state index in [-0.39, 0.29) is 23.7 Å². The monoisotopic (exact) mass is 784 g/mol. The Bertz CT molecular complexity index is 1390. The van der Waals surface area contributed by atoms with E-state index < -0.39 is 114 Å². The maximum atomic E-state index is 12.3. The zero-order valence-electron chi connectivity index (χ0n) is 34.4. The number of ether oxygens (including phenoxy) is 4. The number of hydrogen-bond acceptors (Lipinski definition) is 13. The van der Waals surface area contributed by atoms with Gasteiger partial charge in [0.2, 0.25) is 0 Å². The highest BCUT2D eigenvalue weighted by molar-refractivity contribution is 5.22. The Morgan fingerprint density at radius 1 is 0.818 bits per heavy atom. The Balaban J connectivity index is 1.38. The molecular weight excluding hydrogens is 712 g/mol. The van der Waals surface area contributed by atoms with Gasteiger partial charge in [0.25, 0.3) is 0 Å². The quantitative estimate of drug-likeness (QED) is 0.121. The molecule has 0 amide bonds. The molecule has 6 rings (SSSR count). The van der Waals surface area contributed by atoms with Crippen molar-refractivity contribution in [3.8, 4) is 0 Å². The molecule has 4 saturated carbocycles. The number of allylic oxidation sites excluding steroid dienone is 2. The summed E-state index contributed by atoms with van der Waals surface area (Å²) in [5.41, 5.74) is -1.71. The molecule has 0 aromatic carbocycles. The average molecular weight is 785 g/mol. The van der Waals surface area contributed by atoms with Crippen molar-refractivity contribution in [3.63, 3.8) is 0 Å². The van der Waals surface area contributed by atoms with Crippen molar-refractivity contribution in [1.82, 2.24) is 0 Å². The second kappa shape index (κ2) is 15.4. The SMILES string of the molecule is CC(C)=CCC[C@@](C)(O)[C@@H]1CC[C@]2(C)[C@@H]1[C@H](O)C[C@@H]1[C@@]3(C)CC[C@H](O)C(C)(C)[C@@H]3[C@@H](O[C@@H]3O[C@H](CO)[C@@H](O)[C@H](O)[C@H]3O[C@@H]3O[C@@H](C)[C@H](O)[C@@H](O)[C@H]3O)C[C@]12C. The maximum absolute atomic E-state index is 12.3. The summed E-state index contributed by atoms with van der Waals surface area (Å²) in [5.74, 6) is -0.526. The average Bonchev–Trinajstić information content (AvgIpc) is 3.49. The van der Waals surface area contributed by atoms with Gasteiger partial charge in [0.1, 0.15) is 42.7 Å². The first kappa shape index (κ1) is 43.8. The van der Waals surface area contributed by atoms with Gasteiger partial charge < -0.3 is 64.9 Å². The zero-order valence-corrected chi connectivity index (χ0v) is 34.4. The van der Waals surface area contributed by atoms with Crippen LogP contribution in [0.25, 0.3) is 0 Å². The number of fused-ring (bicyclic) bond motifs is 5. The smallest absolute Gasteiger partial charge is 0.187 e. The third-order valence-electron chi connectivity index (χ3n) is 16.5. The Kier molecular flexibility index (Phi) is 12.2. The number of rotatable bonds is 9. The van der Waals surface area contributed by atoms with Crippen LogP contribution >= 0.6 is 0 Å². The highest BCUT2D eigenvalue weighted by Crippen LogP contribution is 2.76. The van der Waals surface area contributed by atoms with E-state index in [4.69, 9.17) is 18.9 Å². The minimum atomic E-state index is -1.70. The molecule has 0 spiro atoms. The topological polar surface area (TPSA) is 219 Å². The maximum Gasteiger partial charge on any atom is 0.187 e. The third kappa shape index (κ3) is 7.10. The highest BCUT2D eigenvalue weighted by Gasteiger charge is 2.73. The lowest BCUT2D eigenvalue weighted by molar-refractivity contribution is -0.382. The Hall–Kier alpha value is -0.780. The molecule has 55 heavy (non-hydrogen) atoms. The van der Waals surface area contributed by atoms with Crippen LogP contribution in [-0.4, -0.2) is 138 Å². The molecule has 318 valence electrons. The normalized spacial score (nSPS) is 53.4. The molecule has 9 N–H and O–H groups in total. The van der Waals surface area contributed by atoms with Crippen LogP contribution in [0.4, 0.5) is 0 Å². The first-order chi connectivity index (χ1) is 25.5. The van der Waals surface area contributed by atoms with Crippen LogP contribution in [0, 0.1) is 45.3 Å². The lowest BCUT2D eigenvalue weighted by Crippen LogP contribution is -2.71. The van der Waals surface area contributed by atoms with Gasteiger partial charge in [0.15, 0.2) is 12.6 Å². The fraction of sp³-hybridized carbons (Fsp3) is 0.952. The molecule has 2 saturated heterocycles. The fourth-order valence-electron chi connectivity index (χ4n) is 13.3. The first-order valence-electron chi connectivity index (χ1n) is 20.8. The molecule has 0 unspecified atom stereocenters. The molecule has 4 aliphatic carbocycles. The van der Waals surface area contributed by atoms with E-state index in [1.54, 1.807) is 0 Å². The van der Waals surface area contributed by atoms with Gasteiger partial charge in [0.05, 0.1) is 36.6 Å². The molecule has 21 atom stereocenters. The molecule has 0 radical (unpaired) electrons. The summed E-state index contributed by atoms with van der Waals surface area (Å²) in [6.45, 7) is 17.8. The van der Waals surface area contributed by atoms with Gasteiger partial charge in [-0.1, -0.05) is 46.3 Å². The Morgan fingerprint density at radius 2 is 1.49 bits per heavy atom. The van der Waals surface area contributed by atoms with Gasteiger partial charge >= 0.3 is 0 Å². The van der Waals surface area contributed by atoms with Gasteiger partial charge in [-0.05, 0) is 124 Å². The second-order valence-electron chi connectivity index (χ2n) is 20.3. The van der Waals surface area contributed by atoms with Gasteiger partial charge in [-0.15, -0.1) is 0 Å². The minimum Gasteiger partial charge on any atom is -0.394 e. The van der Waals surface area contributed by atoms with Crippen molar-refractivity contribution in [2.24, 2.45) is 45.3 Å².